The highest BCUT2D eigenvalue weighted by Gasteiger charge is 2.18. The van der Waals surface area contributed by atoms with E-state index in [0.717, 1.165) is 32.7 Å². The van der Waals surface area contributed by atoms with E-state index in [0.29, 0.717) is 0 Å². The van der Waals surface area contributed by atoms with Crippen LogP contribution in [0.15, 0.2) is 42.5 Å². The lowest BCUT2D eigenvalue weighted by atomic mass is 9.98. The van der Waals surface area contributed by atoms with Gasteiger partial charge in [0.05, 0.1) is 0 Å². The SMILES string of the molecule is c1ccc2c(c1)CN(Cc1ccc3c(c1)CNCC3)C2. The van der Waals surface area contributed by atoms with Crippen molar-refractivity contribution in [3.63, 3.8) is 0 Å². The summed E-state index contributed by atoms with van der Waals surface area (Å²) in [7, 11) is 0. The molecule has 2 aromatic rings. The first kappa shape index (κ1) is 12.1. The third kappa shape index (κ3) is 2.26. The van der Waals surface area contributed by atoms with Crippen LogP contribution in [0.1, 0.15) is 27.8 Å². The lowest BCUT2D eigenvalue weighted by Gasteiger charge is -2.20. The van der Waals surface area contributed by atoms with Crippen molar-refractivity contribution in [1.29, 1.82) is 0 Å². The van der Waals surface area contributed by atoms with Crippen molar-refractivity contribution < 1.29 is 0 Å². The summed E-state index contributed by atoms with van der Waals surface area (Å²) < 4.78 is 0. The molecule has 4 rings (SSSR count). The van der Waals surface area contributed by atoms with Crippen LogP contribution in [0, 0.1) is 0 Å². The minimum atomic E-state index is 1.03. The maximum absolute atomic E-state index is 3.46. The smallest absolute Gasteiger partial charge is 0.0244 e. The van der Waals surface area contributed by atoms with E-state index in [1.54, 1.807) is 0 Å². The first-order valence-corrected chi connectivity index (χ1v) is 7.49. The van der Waals surface area contributed by atoms with Gasteiger partial charge in [0, 0.05) is 26.2 Å². The van der Waals surface area contributed by atoms with Crippen LogP contribution in [-0.4, -0.2) is 11.4 Å². The summed E-state index contributed by atoms with van der Waals surface area (Å²) in [5, 5.41) is 3.46. The molecule has 0 fully saturated rings. The Bertz CT molecular complexity index is 608. The lowest BCUT2D eigenvalue weighted by molar-refractivity contribution is 0.275. The number of nitrogens with one attached hydrogen (secondary N) is 1. The zero-order valence-electron chi connectivity index (χ0n) is 11.7. The summed E-state index contributed by atoms with van der Waals surface area (Å²) in [5.41, 5.74) is 7.45. The molecule has 0 bridgehead atoms. The molecule has 2 heteroatoms. The average molecular weight is 264 g/mol. The molecule has 20 heavy (non-hydrogen) atoms. The fourth-order valence-electron chi connectivity index (χ4n) is 3.41. The Morgan fingerprint density at radius 1 is 0.900 bits per heavy atom. The van der Waals surface area contributed by atoms with Gasteiger partial charge in [-0.2, -0.15) is 0 Å². The predicted molar refractivity (Wildman–Crippen MR) is 81.2 cm³/mol. The van der Waals surface area contributed by atoms with Gasteiger partial charge in [0.25, 0.3) is 0 Å². The third-order valence-corrected chi connectivity index (χ3v) is 4.47. The lowest BCUT2D eigenvalue weighted by Crippen LogP contribution is -2.24. The number of hydrogen-bond donors (Lipinski definition) is 1. The largest absolute Gasteiger partial charge is 0.312 e. The Balaban J connectivity index is 1.50. The molecule has 2 nitrogen and oxygen atoms in total. The number of nitrogens with zero attached hydrogens (tertiary/aromatic N) is 1. The van der Waals surface area contributed by atoms with Gasteiger partial charge in [0.2, 0.25) is 0 Å². The quantitative estimate of drug-likeness (QED) is 0.897. The predicted octanol–water partition coefficient (Wildman–Crippen LogP) is 2.85. The molecular weight excluding hydrogens is 244 g/mol. The highest BCUT2D eigenvalue weighted by molar-refractivity contribution is 5.35. The van der Waals surface area contributed by atoms with Gasteiger partial charge in [-0.25, -0.2) is 0 Å². The Kier molecular flexibility index (Phi) is 3.06. The van der Waals surface area contributed by atoms with E-state index in [1.165, 1.54) is 34.2 Å². The van der Waals surface area contributed by atoms with Crippen molar-refractivity contribution in [2.24, 2.45) is 0 Å². The van der Waals surface area contributed by atoms with Crippen molar-refractivity contribution in [2.45, 2.75) is 32.6 Å². The van der Waals surface area contributed by atoms with Crippen LogP contribution in [0.2, 0.25) is 0 Å². The van der Waals surface area contributed by atoms with Crippen molar-refractivity contribution in [1.82, 2.24) is 10.2 Å². The zero-order valence-corrected chi connectivity index (χ0v) is 11.7. The second kappa shape index (κ2) is 5.04. The summed E-state index contributed by atoms with van der Waals surface area (Å²) >= 11 is 0. The summed E-state index contributed by atoms with van der Waals surface area (Å²) in [6, 6.07) is 15.8. The molecule has 2 aromatic carbocycles. The summed E-state index contributed by atoms with van der Waals surface area (Å²) in [6.45, 7) is 5.39. The van der Waals surface area contributed by atoms with Gasteiger partial charge >= 0.3 is 0 Å². The highest BCUT2D eigenvalue weighted by Crippen LogP contribution is 2.25. The van der Waals surface area contributed by atoms with E-state index >= 15 is 0 Å². The Labute approximate surface area is 120 Å². The van der Waals surface area contributed by atoms with Gasteiger partial charge in [0.1, 0.15) is 0 Å². The van der Waals surface area contributed by atoms with E-state index in [4.69, 9.17) is 0 Å². The van der Waals surface area contributed by atoms with Crippen molar-refractivity contribution in [3.8, 4) is 0 Å². The molecule has 0 spiro atoms. The maximum atomic E-state index is 3.46. The molecule has 0 unspecified atom stereocenters. The monoisotopic (exact) mass is 264 g/mol. The maximum Gasteiger partial charge on any atom is 0.0244 e. The molecule has 0 radical (unpaired) electrons. The van der Waals surface area contributed by atoms with Crippen LogP contribution in [0.3, 0.4) is 0 Å². The van der Waals surface area contributed by atoms with Crippen LogP contribution < -0.4 is 5.32 Å². The number of rotatable bonds is 2. The normalized spacial score (nSPS) is 17.8. The third-order valence-electron chi connectivity index (χ3n) is 4.47. The van der Waals surface area contributed by atoms with Crippen molar-refractivity contribution >= 4 is 0 Å². The first-order valence-electron chi connectivity index (χ1n) is 7.49. The molecule has 1 N–H and O–H groups in total. The van der Waals surface area contributed by atoms with Crippen molar-refractivity contribution in [3.05, 3.63) is 70.3 Å². The molecule has 0 saturated carbocycles. The topological polar surface area (TPSA) is 15.3 Å². The van der Waals surface area contributed by atoms with Crippen LogP contribution in [0.25, 0.3) is 0 Å². The summed E-state index contributed by atoms with van der Waals surface area (Å²) in [6.07, 6.45) is 1.17. The van der Waals surface area contributed by atoms with E-state index in [2.05, 4.69) is 52.7 Å². The van der Waals surface area contributed by atoms with Crippen LogP contribution in [-0.2, 0) is 32.6 Å². The molecule has 2 heterocycles. The molecule has 2 aliphatic heterocycles. The minimum absolute atomic E-state index is 1.03. The Hall–Kier alpha value is -1.64. The van der Waals surface area contributed by atoms with Gasteiger partial charge in [-0.3, -0.25) is 4.90 Å². The fraction of sp³-hybridized carbons (Fsp3) is 0.333. The summed E-state index contributed by atoms with van der Waals surface area (Å²) in [4.78, 5) is 2.53. The van der Waals surface area contributed by atoms with Crippen LogP contribution >= 0.6 is 0 Å². The van der Waals surface area contributed by atoms with Crippen LogP contribution in [0.4, 0.5) is 0 Å². The van der Waals surface area contributed by atoms with Gasteiger partial charge in [-0.05, 0) is 40.8 Å². The van der Waals surface area contributed by atoms with Gasteiger partial charge in [0.15, 0.2) is 0 Å². The standard InChI is InChI=1S/C18H20N2/c1-2-4-17-13-20(12-16(17)3-1)11-14-5-6-15-7-8-19-10-18(15)9-14/h1-6,9,19H,7-8,10-13H2. The van der Waals surface area contributed by atoms with Crippen LogP contribution in [0.5, 0.6) is 0 Å². The number of hydrogen-bond acceptors (Lipinski definition) is 2. The van der Waals surface area contributed by atoms with Crippen molar-refractivity contribution in [2.75, 3.05) is 6.54 Å². The minimum Gasteiger partial charge on any atom is -0.312 e. The summed E-state index contributed by atoms with van der Waals surface area (Å²) in [5.74, 6) is 0. The van der Waals surface area contributed by atoms with Gasteiger partial charge in [-0.1, -0.05) is 42.5 Å². The number of fused-ring (bicyclic) bond motifs is 2. The highest BCUT2D eigenvalue weighted by atomic mass is 15.1. The first-order chi connectivity index (χ1) is 9.88. The zero-order chi connectivity index (χ0) is 13.4. The molecule has 0 atom stereocenters. The van der Waals surface area contributed by atoms with E-state index < -0.39 is 0 Å². The molecular formula is C18H20N2. The molecule has 0 aliphatic carbocycles. The molecule has 0 aromatic heterocycles. The second-order valence-corrected chi connectivity index (χ2v) is 5.94. The molecule has 0 amide bonds. The Morgan fingerprint density at radius 3 is 2.50 bits per heavy atom. The van der Waals surface area contributed by atoms with E-state index in [-0.39, 0.29) is 0 Å². The molecule has 102 valence electrons. The second-order valence-electron chi connectivity index (χ2n) is 5.94. The van der Waals surface area contributed by atoms with Gasteiger partial charge < -0.3 is 5.32 Å². The Morgan fingerprint density at radius 2 is 1.70 bits per heavy atom. The fourth-order valence-corrected chi connectivity index (χ4v) is 3.41. The molecule has 0 saturated heterocycles. The van der Waals surface area contributed by atoms with Gasteiger partial charge in [-0.15, -0.1) is 0 Å². The number of benzene rings is 2. The molecule has 2 aliphatic rings. The van der Waals surface area contributed by atoms with E-state index in [1.807, 2.05) is 0 Å². The average Bonchev–Trinajstić information content (AvgIpc) is 2.89. The van der Waals surface area contributed by atoms with E-state index in [9.17, 15) is 0 Å².